The molecule has 4 fully saturated rings. The number of likely N-dealkylation sites (N-methyl/N-ethyl adjacent to an activating group) is 1. The standard InChI is InChI=1S/C32H43N3O5S/c1-5-33-31(37)22(2)34(20-23-6-12-29(40-3)13-7-23)30(36)21-35(41(4,38)39)28-10-8-27(9-11-28)32-17-24-14-25(18-32)16-26(15-24)19-32/h6-13,22,24-26H,5,14-21H2,1-4H3,(H,33,37)/t22-,24?,25?,26?,32?/m1/s1. The number of nitrogens with one attached hydrogen (secondary N) is 1. The molecule has 4 saturated carbocycles. The molecule has 4 aliphatic carbocycles. The molecule has 222 valence electrons. The monoisotopic (exact) mass is 581 g/mol. The van der Waals surface area contributed by atoms with Crippen molar-refractivity contribution in [2.45, 2.75) is 70.4 Å². The number of anilines is 1. The van der Waals surface area contributed by atoms with Crippen LogP contribution in [0.15, 0.2) is 48.5 Å². The molecule has 0 aliphatic heterocycles. The van der Waals surface area contributed by atoms with Gasteiger partial charge in [0.15, 0.2) is 0 Å². The van der Waals surface area contributed by atoms with E-state index in [1.807, 2.05) is 31.2 Å². The molecule has 4 aliphatic rings. The van der Waals surface area contributed by atoms with Gasteiger partial charge in [-0.1, -0.05) is 24.3 Å². The van der Waals surface area contributed by atoms with Crippen molar-refractivity contribution in [3.05, 3.63) is 59.7 Å². The Morgan fingerprint density at radius 1 is 0.976 bits per heavy atom. The van der Waals surface area contributed by atoms with Gasteiger partial charge in [0.1, 0.15) is 18.3 Å². The number of sulfonamides is 1. The van der Waals surface area contributed by atoms with Crippen molar-refractivity contribution < 1.29 is 22.7 Å². The molecule has 2 aromatic carbocycles. The molecule has 41 heavy (non-hydrogen) atoms. The lowest BCUT2D eigenvalue weighted by Gasteiger charge is -2.57. The van der Waals surface area contributed by atoms with Gasteiger partial charge in [-0.05, 0) is 111 Å². The molecule has 2 amide bonds. The van der Waals surface area contributed by atoms with Crippen LogP contribution in [0.5, 0.6) is 5.75 Å². The number of nitrogens with zero attached hydrogens (tertiary/aromatic N) is 2. The molecule has 9 heteroatoms. The quantitative estimate of drug-likeness (QED) is 0.422. The average molecular weight is 582 g/mol. The van der Waals surface area contributed by atoms with Crippen LogP contribution in [0.4, 0.5) is 5.69 Å². The normalized spacial score (nSPS) is 25.4. The summed E-state index contributed by atoms with van der Waals surface area (Å²) in [5.74, 6) is 2.39. The topological polar surface area (TPSA) is 96.0 Å². The molecule has 1 N–H and O–H groups in total. The van der Waals surface area contributed by atoms with E-state index in [-0.39, 0.29) is 17.9 Å². The number of rotatable bonds is 11. The number of ether oxygens (including phenoxy) is 1. The summed E-state index contributed by atoms with van der Waals surface area (Å²) < 4.78 is 32.4. The van der Waals surface area contributed by atoms with Crippen LogP contribution in [0.2, 0.25) is 0 Å². The molecular weight excluding hydrogens is 538 g/mol. The first-order valence-electron chi connectivity index (χ1n) is 14.8. The second kappa shape index (κ2) is 11.7. The van der Waals surface area contributed by atoms with Gasteiger partial charge < -0.3 is 15.0 Å². The van der Waals surface area contributed by atoms with Crippen LogP contribution in [0, 0.1) is 17.8 Å². The van der Waals surface area contributed by atoms with Gasteiger partial charge in [-0.3, -0.25) is 13.9 Å². The summed E-state index contributed by atoms with van der Waals surface area (Å²) in [5.41, 5.74) is 2.77. The molecule has 0 heterocycles. The number of hydrogen-bond donors (Lipinski definition) is 1. The summed E-state index contributed by atoms with van der Waals surface area (Å²) >= 11 is 0. The average Bonchev–Trinajstić information content (AvgIpc) is 2.93. The van der Waals surface area contributed by atoms with Crippen molar-refractivity contribution in [2.24, 2.45) is 17.8 Å². The van der Waals surface area contributed by atoms with E-state index >= 15 is 0 Å². The van der Waals surface area contributed by atoms with E-state index < -0.39 is 28.5 Å². The lowest BCUT2D eigenvalue weighted by atomic mass is 9.48. The Labute approximate surface area is 244 Å². The van der Waals surface area contributed by atoms with Crippen LogP contribution < -0.4 is 14.4 Å². The Morgan fingerprint density at radius 2 is 1.54 bits per heavy atom. The third-order valence-electron chi connectivity index (χ3n) is 9.52. The van der Waals surface area contributed by atoms with Gasteiger partial charge in [-0.25, -0.2) is 8.42 Å². The minimum absolute atomic E-state index is 0.156. The SMILES string of the molecule is CCNC(=O)[C@@H](C)N(Cc1ccc(OC)cc1)C(=O)CN(c1ccc(C23CC4CC(CC(C4)C2)C3)cc1)S(C)(=O)=O. The third-order valence-corrected chi connectivity index (χ3v) is 10.7. The van der Waals surface area contributed by atoms with Gasteiger partial charge in [0, 0.05) is 13.1 Å². The molecule has 1 atom stereocenters. The molecule has 0 saturated heterocycles. The fraction of sp³-hybridized carbons (Fsp3) is 0.562. The smallest absolute Gasteiger partial charge is 0.244 e. The third kappa shape index (κ3) is 6.25. The Morgan fingerprint density at radius 3 is 2.02 bits per heavy atom. The maximum absolute atomic E-state index is 13.8. The molecule has 0 radical (unpaired) electrons. The van der Waals surface area contributed by atoms with Gasteiger partial charge >= 0.3 is 0 Å². The molecule has 0 spiro atoms. The van der Waals surface area contributed by atoms with Gasteiger partial charge in [-0.15, -0.1) is 0 Å². The zero-order valence-corrected chi connectivity index (χ0v) is 25.5. The fourth-order valence-electron chi connectivity index (χ4n) is 7.89. The Kier molecular flexibility index (Phi) is 8.37. The summed E-state index contributed by atoms with van der Waals surface area (Å²) in [4.78, 5) is 28.0. The molecule has 8 nitrogen and oxygen atoms in total. The predicted molar refractivity (Wildman–Crippen MR) is 160 cm³/mol. The zero-order chi connectivity index (χ0) is 29.4. The van der Waals surface area contributed by atoms with Gasteiger partial charge in [-0.2, -0.15) is 0 Å². The Balaban J connectivity index is 1.38. The minimum Gasteiger partial charge on any atom is -0.497 e. The zero-order valence-electron chi connectivity index (χ0n) is 24.6. The minimum atomic E-state index is -3.77. The summed E-state index contributed by atoms with van der Waals surface area (Å²) in [6.07, 6.45) is 8.89. The number of carbonyl (C=O) groups is 2. The number of methoxy groups -OCH3 is 1. The van der Waals surface area contributed by atoms with E-state index in [9.17, 15) is 18.0 Å². The van der Waals surface area contributed by atoms with Crippen molar-refractivity contribution in [3.8, 4) is 5.75 Å². The van der Waals surface area contributed by atoms with Crippen molar-refractivity contribution in [3.63, 3.8) is 0 Å². The lowest BCUT2D eigenvalue weighted by Crippen LogP contribution is -2.51. The number of benzene rings is 2. The van der Waals surface area contributed by atoms with Crippen LogP contribution in [0.25, 0.3) is 0 Å². The van der Waals surface area contributed by atoms with E-state index in [0.29, 0.717) is 18.0 Å². The van der Waals surface area contributed by atoms with E-state index in [1.54, 1.807) is 26.2 Å². The maximum atomic E-state index is 13.8. The first-order chi connectivity index (χ1) is 19.5. The first kappa shape index (κ1) is 29.4. The molecular formula is C32H43N3O5S. The van der Waals surface area contributed by atoms with Crippen LogP contribution in [-0.2, 0) is 31.6 Å². The summed E-state index contributed by atoms with van der Waals surface area (Å²) in [5, 5.41) is 2.78. The summed E-state index contributed by atoms with van der Waals surface area (Å²) in [7, 11) is -2.19. The van der Waals surface area contributed by atoms with Crippen molar-refractivity contribution in [1.29, 1.82) is 0 Å². The van der Waals surface area contributed by atoms with Crippen molar-refractivity contribution in [2.75, 3.05) is 30.8 Å². The van der Waals surface area contributed by atoms with Crippen molar-refractivity contribution in [1.82, 2.24) is 10.2 Å². The van der Waals surface area contributed by atoms with Crippen molar-refractivity contribution >= 4 is 27.5 Å². The second-order valence-electron chi connectivity index (χ2n) is 12.5. The lowest BCUT2D eigenvalue weighted by molar-refractivity contribution is -0.139. The Hall–Kier alpha value is -3.07. The number of carbonyl (C=O) groups excluding carboxylic acids is 2. The summed E-state index contributed by atoms with van der Waals surface area (Å²) in [6.45, 7) is 3.68. The van der Waals surface area contributed by atoms with E-state index in [4.69, 9.17) is 4.74 Å². The highest BCUT2D eigenvalue weighted by Crippen LogP contribution is 2.60. The fourth-order valence-corrected chi connectivity index (χ4v) is 8.74. The van der Waals surface area contributed by atoms with Crippen LogP contribution in [0.3, 0.4) is 0 Å². The van der Waals surface area contributed by atoms with Crippen LogP contribution in [0.1, 0.15) is 63.5 Å². The molecule has 0 aromatic heterocycles. The number of amides is 2. The van der Waals surface area contributed by atoms with Gasteiger partial charge in [0.2, 0.25) is 21.8 Å². The van der Waals surface area contributed by atoms with E-state index in [1.165, 1.54) is 49.0 Å². The second-order valence-corrected chi connectivity index (χ2v) is 14.4. The maximum Gasteiger partial charge on any atom is 0.244 e. The summed E-state index contributed by atoms with van der Waals surface area (Å²) in [6, 6.07) is 14.3. The highest BCUT2D eigenvalue weighted by Gasteiger charge is 2.51. The van der Waals surface area contributed by atoms with Gasteiger partial charge in [0.25, 0.3) is 0 Å². The molecule has 6 rings (SSSR count). The first-order valence-corrected chi connectivity index (χ1v) is 16.6. The highest BCUT2D eigenvalue weighted by atomic mass is 32.2. The Bertz CT molecular complexity index is 1320. The number of hydrogen-bond acceptors (Lipinski definition) is 5. The largest absolute Gasteiger partial charge is 0.497 e. The molecule has 4 bridgehead atoms. The molecule has 0 unspecified atom stereocenters. The predicted octanol–water partition coefficient (Wildman–Crippen LogP) is 4.48. The van der Waals surface area contributed by atoms with E-state index in [0.717, 1.165) is 33.9 Å². The van der Waals surface area contributed by atoms with Crippen LogP contribution in [-0.4, -0.2) is 57.6 Å². The van der Waals surface area contributed by atoms with Gasteiger partial charge in [0.05, 0.1) is 19.1 Å². The highest BCUT2D eigenvalue weighted by molar-refractivity contribution is 7.92. The van der Waals surface area contributed by atoms with Crippen LogP contribution >= 0.6 is 0 Å². The molecule has 2 aromatic rings. The van der Waals surface area contributed by atoms with E-state index in [2.05, 4.69) is 17.4 Å².